The molecule has 22 heavy (non-hydrogen) atoms. The first-order valence-electron chi connectivity index (χ1n) is 6.27. The number of ether oxygens (including phenoxy) is 2. The van der Waals surface area contributed by atoms with E-state index >= 15 is 0 Å². The van der Waals surface area contributed by atoms with E-state index in [2.05, 4.69) is 14.7 Å². The molecule has 0 unspecified atom stereocenters. The molecule has 1 N–H and O–H groups in total. The van der Waals surface area contributed by atoms with Crippen molar-refractivity contribution < 1.29 is 18.7 Å². The van der Waals surface area contributed by atoms with E-state index in [1.807, 2.05) is 0 Å². The number of hydrogen-bond donors (Lipinski definition) is 1. The van der Waals surface area contributed by atoms with Crippen LogP contribution in [0.15, 0.2) is 36.7 Å². The molecule has 0 atom stereocenters. The van der Waals surface area contributed by atoms with Gasteiger partial charge in [0.2, 0.25) is 0 Å². The lowest BCUT2D eigenvalue weighted by atomic mass is 10.2. The molecule has 7 heteroatoms. The average Bonchev–Trinajstić information content (AvgIpc) is 2.99. The summed E-state index contributed by atoms with van der Waals surface area (Å²) in [6, 6.07) is 5.26. The summed E-state index contributed by atoms with van der Waals surface area (Å²) in [5.74, 6) is -0.966. The van der Waals surface area contributed by atoms with Crippen LogP contribution in [0.4, 0.5) is 4.39 Å². The molecule has 0 aliphatic rings. The predicted molar refractivity (Wildman–Crippen MR) is 78.9 cm³/mol. The van der Waals surface area contributed by atoms with E-state index in [9.17, 15) is 9.18 Å². The minimum atomic E-state index is -0.637. The second kappa shape index (κ2) is 5.65. The number of halogens is 2. The number of rotatable bonds is 3. The monoisotopic (exact) mass is 320 g/mol. The van der Waals surface area contributed by atoms with Gasteiger partial charge in [-0.3, -0.25) is 0 Å². The van der Waals surface area contributed by atoms with Gasteiger partial charge in [-0.25, -0.2) is 14.2 Å². The van der Waals surface area contributed by atoms with E-state index in [4.69, 9.17) is 16.3 Å². The van der Waals surface area contributed by atoms with Crippen molar-refractivity contribution >= 4 is 28.6 Å². The number of aromatic amines is 1. The molecule has 5 nitrogen and oxygen atoms in total. The summed E-state index contributed by atoms with van der Waals surface area (Å²) in [6.45, 7) is 0. The van der Waals surface area contributed by atoms with Crippen molar-refractivity contribution in [3.05, 3.63) is 53.1 Å². The highest BCUT2D eigenvalue weighted by Crippen LogP contribution is 2.35. The van der Waals surface area contributed by atoms with Crippen molar-refractivity contribution in [3.63, 3.8) is 0 Å². The standard InChI is InChI=1S/C15H10ClFN2O3/c1-21-15(20)9-3-2-8(17)6-11(9)22-12-7-19-14-10(13(12)16)4-5-18-14/h2-7H,1H3,(H,18,19). The van der Waals surface area contributed by atoms with E-state index in [-0.39, 0.29) is 17.1 Å². The Morgan fingerprint density at radius 2 is 2.14 bits per heavy atom. The summed E-state index contributed by atoms with van der Waals surface area (Å²) in [5.41, 5.74) is 0.693. The van der Waals surface area contributed by atoms with Crippen molar-refractivity contribution in [2.75, 3.05) is 7.11 Å². The molecule has 0 amide bonds. The fourth-order valence-corrected chi connectivity index (χ4v) is 2.25. The van der Waals surface area contributed by atoms with E-state index in [0.29, 0.717) is 16.1 Å². The molecule has 0 bridgehead atoms. The highest BCUT2D eigenvalue weighted by molar-refractivity contribution is 6.36. The Labute approximate surface area is 129 Å². The molecule has 0 saturated carbocycles. The number of fused-ring (bicyclic) bond motifs is 1. The van der Waals surface area contributed by atoms with Gasteiger partial charge in [-0.15, -0.1) is 0 Å². The van der Waals surface area contributed by atoms with Gasteiger partial charge in [0.25, 0.3) is 0 Å². The zero-order chi connectivity index (χ0) is 15.7. The third-order valence-electron chi connectivity index (χ3n) is 3.06. The first kappa shape index (κ1) is 14.3. The largest absolute Gasteiger partial charge is 0.465 e. The number of nitrogens with zero attached hydrogens (tertiary/aromatic N) is 1. The summed E-state index contributed by atoms with van der Waals surface area (Å²) < 4.78 is 23.7. The van der Waals surface area contributed by atoms with Crippen LogP contribution in [-0.4, -0.2) is 23.0 Å². The summed E-state index contributed by atoms with van der Waals surface area (Å²) in [6.07, 6.45) is 3.09. The van der Waals surface area contributed by atoms with E-state index in [1.165, 1.54) is 19.4 Å². The molecule has 0 fully saturated rings. The van der Waals surface area contributed by atoms with Gasteiger partial charge in [-0.1, -0.05) is 11.6 Å². The van der Waals surface area contributed by atoms with Gasteiger partial charge in [0.15, 0.2) is 5.75 Å². The Balaban J connectivity index is 2.06. The quantitative estimate of drug-likeness (QED) is 0.742. The van der Waals surface area contributed by atoms with Crippen LogP contribution >= 0.6 is 11.6 Å². The maximum absolute atomic E-state index is 13.4. The molecule has 2 aromatic heterocycles. The summed E-state index contributed by atoms with van der Waals surface area (Å²) in [5, 5.41) is 0.974. The number of aromatic nitrogens is 2. The Bertz CT molecular complexity index is 863. The molecule has 0 radical (unpaired) electrons. The number of carbonyl (C=O) groups is 1. The number of hydrogen-bond acceptors (Lipinski definition) is 4. The maximum atomic E-state index is 13.4. The Hall–Kier alpha value is -2.60. The van der Waals surface area contributed by atoms with Gasteiger partial charge in [-0.05, 0) is 18.2 Å². The smallest absolute Gasteiger partial charge is 0.341 e. The molecule has 1 aromatic carbocycles. The van der Waals surface area contributed by atoms with Crippen LogP contribution in [0.1, 0.15) is 10.4 Å². The lowest BCUT2D eigenvalue weighted by molar-refractivity contribution is 0.0598. The van der Waals surface area contributed by atoms with Crippen LogP contribution in [0.3, 0.4) is 0 Å². The third-order valence-corrected chi connectivity index (χ3v) is 3.45. The highest BCUT2D eigenvalue weighted by Gasteiger charge is 2.17. The van der Waals surface area contributed by atoms with Gasteiger partial charge in [0, 0.05) is 17.6 Å². The second-order valence-corrected chi connectivity index (χ2v) is 4.79. The average molecular weight is 321 g/mol. The van der Waals surface area contributed by atoms with Crippen LogP contribution in [-0.2, 0) is 4.74 Å². The van der Waals surface area contributed by atoms with Gasteiger partial charge >= 0.3 is 5.97 Å². The Morgan fingerprint density at radius 1 is 1.32 bits per heavy atom. The number of benzene rings is 1. The molecular formula is C15H10ClFN2O3. The summed E-state index contributed by atoms with van der Waals surface area (Å²) in [4.78, 5) is 18.8. The molecular weight excluding hydrogens is 311 g/mol. The molecule has 0 aliphatic heterocycles. The zero-order valence-corrected chi connectivity index (χ0v) is 12.1. The number of pyridine rings is 1. The predicted octanol–water partition coefficient (Wildman–Crippen LogP) is 3.93. The summed E-state index contributed by atoms with van der Waals surface area (Å²) in [7, 11) is 1.23. The number of carbonyl (C=O) groups excluding carboxylic acids is 1. The molecule has 0 saturated heterocycles. The van der Waals surface area contributed by atoms with Crippen molar-refractivity contribution in [3.8, 4) is 11.5 Å². The molecule has 0 spiro atoms. The summed E-state index contributed by atoms with van der Waals surface area (Å²) >= 11 is 6.24. The fourth-order valence-electron chi connectivity index (χ4n) is 2.01. The lowest BCUT2D eigenvalue weighted by Gasteiger charge is -2.11. The minimum Gasteiger partial charge on any atom is -0.465 e. The molecule has 2 heterocycles. The van der Waals surface area contributed by atoms with Gasteiger partial charge < -0.3 is 14.5 Å². The van der Waals surface area contributed by atoms with Crippen molar-refractivity contribution in [1.29, 1.82) is 0 Å². The van der Waals surface area contributed by atoms with Gasteiger partial charge in [0.05, 0.1) is 18.3 Å². The number of methoxy groups -OCH3 is 1. The van der Waals surface area contributed by atoms with Crippen LogP contribution < -0.4 is 4.74 Å². The number of esters is 1. The maximum Gasteiger partial charge on any atom is 0.341 e. The fraction of sp³-hybridized carbons (Fsp3) is 0.0667. The van der Waals surface area contributed by atoms with Crippen LogP contribution in [0.2, 0.25) is 5.02 Å². The zero-order valence-electron chi connectivity index (χ0n) is 11.4. The topological polar surface area (TPSA) is 64.2 Å². The Kier molecular flexibility index (Phi) is 3.68. The lowest BCUT2D eigenvalue weighted by Crippen LogP contribution is -2.04. The second-order valence-electron chi connectivity index (χ2n) is 4.41. The molecule has 112 valence electrons. The molecule has 3 aromatic rings. The first-order valence-corrected chi connectivity index (χ1v) is 6.65. The molecule has 0 aliphatic carbocycles. The van der Waals surface area contributed by atoms with Gasteiger partial charge in [-0.2, -0.15) is 0 Å². The molecule has 3 rings (SSSR count). The Morgan fingerprint density at radius 3 is 2.91 bits per heavy atom. The SMILES string of the molecule is COC(=O)c1ccc(F)cc1Oc1cnc2[nH]ccc2c1Cl. The highest BCUT2D eigenvalue weighted by atomic mass is 35.5. The van der Waals surface area contributed by atoms with E-state index in [0.717, 1.165) is 12.1 Å². The van der Waals surface area contributed by atoms with Crippen molar-refractivity contribution in [2.45, 2.75) is 0 Å². The van der Waals surface area contributed by atoms with Crippen molar-refractivity contribution in [2.24, 2.45) is 0 Å². The van der Waals surface area contributed by atoms with Gasteiger partial charge in [0.1, 0.15) is 22.8 Å². The van der Waals surface area contributed by atoms with E-state index in [1.54, 1.807) is 12.3 Å². The van der Waals surface area contributed by atoms with Crippen molar-refractivity contribution in [1.82, 2.24) is 9.97 Å². The third kappa shape index (κ3) is 2.48. The minimum absolute atomic E-state index is 0.00503. The number of H-pyrrole nitrogens is 1. The van der Waals surface area contributed by atoms with Crippen LogP contribution in [0.25, 0.3) is 11.0 Å². The van der Waals surface area contributed by atoms with Crippen LogP contribution in [0.5, 0.6) is 11.5 Å². The normalized spacial score (nSPS) is 10.7. The number of nitrogens with one attached hydrogen (secondary N) is 1. The van der Waals surface area contributed by atoms with Crippen LogP contribution in [0, 0.1) is 5.82 Å². The first-order chi connectivity index (χ1) is 10.6. The van der Waals surface area contributed by atoms with E-state index < -0.39 is 11.8 Å².